The van der Waals surface area contributed by atoms with Crippen molar-refractivity contribution in [1.29, 1.82) is 0 Å². The van der Waals surface area contributed by atoms with Crippen molar-refractivity contribution >= 4 is 11.6 Å². The van der Waals surface area contributed by atoms with Gasteiger partial charge in [-0.1, -0.05) is 13.0 Å². The molecule has 0 aromatic carbocycles. The molecule has 94 valence electrons. The lowest BCUT2D eigenvalue weighted by Gasteiger charge is -2.32. The summed E-state index contributed by atoms with van der Waals surface area (Å²) < 4.78 is 0. The summed E-state index contributed by atoms with van der Waals surface area (Å²) in [6.07, 6.45) is 3.64. The van der Waals surface area contributed by atoms with Crippen LogP contribution in [-0.2, 0) is 0 Å². The molecule has 1 aliphatic rings. The van der Waals surface area contributed by atoms with Gasteiger partial charge in [0.15, 0.2) is 0 Å². The lowest BCUT2D eigenvalue weighted by molar-refractivity contribution is 0.514. The predicted molar refractivity (Wildman–Crippen MR) is 73.7 cm³/mol. The summed E-state index contributed by atoms with van der Waals surface area (Å²) >= 11 is 0. The van der Waals surface area contributed by atoms with Gasteiger partial charge in [0.05, 0.1) is 0 Å². The van der Waals surface area contributed by atoms with Crippen LogP contribution in [-0.4, -0.2) is 23.6 Å². The first-order chi connectivity index (χ1) is 8.13. The van der Waals surface area contributed by atoms with Gasteiger partial charge in [0, 0.05) is 18.6 Å². The van der Waals surface area contributed by atoms with Crippen molar-refractivity contribution in [3.8, 4) is 0 Å². The van der Waals surface area contributed by atoms with E-state index in [1.165, 1.54) is 12.8 Å². The molecule has 0 bridgehead atoms. The van der Waals surface area contributed by atoms with E-state index < -0.39 is 0 Å². The Hall–Kier alpha value is -1.25. The minimum absolute atomic E-state index is 0.246. The second-order valence-corrected chi connectivity index (χ2v) is 5.38. The van der Waals surface area contributed by atoms with Gasteiger partial charge in [0.1, 0.15) is 11.6 Å². The first kappa shape index (κ1) is 12.2. The Labute approximate surface area is 104 Å². The van der Waals surface area contributed by atoms with Crippen molar-refractivity contribution < 1.29 is 0 Å². The van der Waals surface area contributed by atoms with Gasteiger partial charge < -0.3 is 10.2 Å². The van der Waals surface area contributed by atoms with Crippen molar-refractivity contribution in [3.63, 3.8) is 0 Å². The first-order valence-electron chi connectivity index (χ1n) is 6.62. The number of hydrogen-bond acceptors (Lipinski definition) is 3. The summed E-state index contributed by atoms with van der Waals surface area (Å²) in [5, 5.41) is 3.35. The zero-order valence-electron chi connectivity index (χ0n) is 11.2. The Morgan fingerprint density at radius 1 is 1.41 bits per heavy atom. The first-order valence-corrected chi connectivity index (χ1v) is 6.62. The minimum Gasteiger partial charge on any atom is -0.370 e. The van der Waals surface area contributed by atoms with E-state index in [1.807, 2.05) is 6.07 Å². The number of anilines is 2. The number of pyridine rings is 1. The van der Waals surface area contributed by atoms with Crippen LogP contribution in [0.15, 0.2) is 18.2 Å². The smallest absolute Gasteiger partial charge is 0.131 e. The lowest BCUT2D eigenvalue weighted by atomic mass is 10.0. The number of nitrogens with one attached hydrogen (secondary N) is 1. The largest absolute Gasteiger partial charge is 0.370 e. The SMILES string of the molecule is CCCNc1cccc(N2CCCC2(C)C)n1. The van der Waals surface area contributed by atoms with Gasteiger partial charge in [-0.2, -0.15) is 0 Å². The van der Waals surface area contributed by atoms with E-state index in [0.717, 1.165) is 31.1 Å². The van der Waals surface area contributed by atoms with E-state index in [1.54, 1.807) is 0 Å². The fraction of sp³-hybridized carbons (Fsp3) is 0.643. The molecule has 0 amide bonds. The third-order valence-electron chi connectivity index (χ3n) is 3.47. The summed E-state index contributed by atoms with van der Waals surface area (Å²) in [6.45, 7) is 8.87. The zero-order chi connectivity index (χ0) is 12.3. The van der Waals surface area contributed by atoms with Gasteiger partial charge in [0.2, 0.25) is 0 Å². The standard InChI is InChI=1S/C14H23N3/c1-4-10-15-12-7-5-8-13(16-12)17-11-6-9-14(17,2)3/h5,7-8H,4,6,9-11H2,1-3H3,(H,15,16). The van der Waals surface area contributed by atoms with Gasteiger partial charge in [-0.25, -0.2) is 4.98 Å². The average molecular weight is 233 g/mol. The number of hydrogen-bond donors (Lipinski definition) is 1. The van der Waals surface area contributed by atoms with Crippen LogP contribution in [0.5, 0.6) is 0 Å². The molecule has 1 fully saturated rings. The molecule has 3 heteroatoms. The highest BCUT2D eigenvalue weighted by molar-refractivity contribution is 5.49. The Morgan fingerprint density at radius 3 is 2.88 bits per heavy atom. The summed E-state index contributed by atoms with van der Waals surface area (Å²) in [4.78, 5) is 7.12. The van der Waals surface area contributed by atoms with Gasteiger partial charge in [-0.05, 0) is 45.2 Å². The molecule has 0 aliphatic carbocycles. The molecule has 3 nitrogen and oxygen atoms in total. The maximum Gasteiger partial charge on any atom is 0.131 e. The average Bonchev–Trinajstić information content (AvgIpc) is 2.67. The fourth-order valence-corrected chi connectivity index (χ4v) is 2.46. The van der Waals surface area contributed by atoms with Crippen LogP contribution in [0.1, 0.15) is 40.0 Å². The second kappa shape index (κ2) is 4.94. The summed E-state index contributed by atoms with van der Waals surface area (Å²) in [7, 11) is 0. The zero-order valence-corrected chi connectivity index (χ0v) is 11.2. The van der Waals surface area contributed by atoms with Crippen molar-refractivity contribution in [2.45, 2.75) is 45.6 Å². The second-order valence-electron chi connectivity index (χ2n) is 5.38. The van der Waals surface area contributed by atoms with E-state index in [4.69, 9.17) is 4.98 Å². The Bertz CT molecular complexity index is 373. The number of aromatic nitrogens is 1. The molecule has 1 aromatic heterocycles. The van der Waals surface area contributed by atoms with Crippen molar-refractivity contribution in [2.75, 3.05) is 23.3 Å². The fourth-order valence-electron chi connectivity index (χ4n) is 2.46. The third kappa shape index (κ3) is 2.71. The highest BCUT2D eigenvalue weighted by atomic mass is 15.3. The van der Waals surface area contributed by atoms with Crippen molar-refractivity contribution in [3.05, 3.63) is 18.2 Å². The Kier molecular flexibility index (Phi) is 3.55. The Morgan fingerprint density at radius 2 is 2.24 bits per heavy atom. The van der Waals surface area contributed by atoms with Gasteiger partial charge >= 0.3 is 0 Å². The normalized spacial score (nSPS) is 18.4. The van der Waals surface area contributed by atoms with Crippen LogP contribution < -0.4 is 10.2 Å². The molecule has 0 unspecified atom stereocenters. The Balaban J connectivity index is 2.15. The maximum absolute atomic E-state index is 4.70. The summed E-state index contributed by atoms with van der Waals surface area (Å²) in [5.74, 6) is 2.10. The van der Waals surface area contributed by atoms with Crippen LogP contribution >= 0.6 is 0 Å². The van der Waals surface area contributed by atoms with E-state index >= 15 is 0 Å². The molecule has 2 heterocycles. The molecular formula is C14H23N3. The molecule has 1 aromatic rings. The molecule has 17 heavy (non-hydrogen) atoms. The van der Waals surface area contributed by atoms with E-state index in [2.05, 4.69) is 43.1 Å². The van der Waals surface area contributed by atoms with Crippen molar-refractivity contribution in [2.24, 2.45) is 0 Å². The summed E-state index contributed by atoms with van der Waals surface area (Å²) in [6, 6.07) is 6.25. The quantitative estimate of drug-likeness (QED) is 0.865. The van der Waals surface area contributed by atoms with Gasteiger partial charge in [0.25, 0.3) is 0 Å². The molecule has 0 spiro atoms. The minimum atomic E-state index is 0.246. The molecule has 1 aliphatic heterocycles. The summed E-state index contributed by atoms with van der Waals surface area (Å²) in [5.41, 5.74) is 0.246. The molecule has 1 saturated heterocycles. The van der Waals surface area contributed by atoms with E-state index in [-0.39, 0.29) is 5.54 Å². The number of nitrogens with zero attached hydrogens (tertiary/aromatic N) is 2. The van der Waals surface area contributed by atoms with Crippen LogP contribution in [0.3, 0.4) is 0 Å². The van der Waals surface area contributed by atoms with E-state index in [0.29, 0.717) is 0 Å². The highest BCUT2D eigenvalue weighted by Gasteiger charge is 2.32. The van der Waals surface area contributed by atoms with Gasteiger partial charge in [-0.3, -0.25) is 0 Å². The molecule has 0 atom stereocenters. The van der Waals surface area contributed by atoms with Gasteiger partial charge in [-0.15, -0.1) is 0 Å². The predicted octanol–water partition coefficient (Wildman–Crippen LogP) is 3.28. The third-order valence-corrected chi connectivity index (χ3v) is 3.47. The topological polar surface area (TPSA) is 28.2 Å². The monoisotopic (exact) mass is 233 g/mol. The van der Waals surface area contributed by atoms with Crippen molar-refractivity contribution in [1.82, 2.24) is 4.98 Å². The van der Waals surface area contributed by atoms with Crippen LogP contribution in [0.2, 0.25) is 0 Å². The highest BCUT2D eigenvalue weighted by Crippen LogP contribution is 2.32. The maximum atomic E-state index is 4.70. The molecule has 0 radical (unpaired) electrons. The van der Waals surface area contributed by atoms with Crippen LogP contribution in [0.4, 0.5) is 11.6 Å². The molecule has 0 saturated carbocycles. The van der Waals surface area contributed by atoms with Crippen LogP contribution in [0.25, 0.3) is 0 Å². The van der Waals surface area contributed by atoms with E-state index in [9.17, 15) is 0 Å². The molecule has 1 N–H and O–H groups in total. The molecule has 2 rings (SSSR count). The number of rotatable bonds is 4. The lowest BCUT2D eigenvalue weighted by Crippen LogP contribution is -2.38. The molecular weight excluding hydrogens is 210 g/mol. The van der Waals surface area contributed by atoms with Crippen LogP contribution in [0, 0.1) is 0 Å².